The van der Waals surface area contributed by atoms with E-state index in [9.17, 15) is 4.79 Å². The minimum atomic E-state index is -0.0620. The minimum absolute atomic E-state index is 0.0620. The lowest BCUT2D eigenvalue weighted by atomic mass is 9.96. The monoisotopic (exact) mass is 300 g/mol. The highest BCUT2D eigenvalue weighted by atomic mass is 35.5. The number of amides is 1. The molecule has 1 aliphatic rings. The highest BCUT2D eigenvalue weighted by Crippen LogP contribution is 2.31. The zero-order valence-corrected chi connectivity index (χ0v) is 12.6. The van der Waals surface area contributed by atoms with Gasteiger partial charge in [-0.1, -0.05) is 23.2 Å². The highest BCUT2D eigenvalue weighted by molar-refractivity contribution is 6.38. The minimum Gasteiger partial charge on any atom is -0.398 e. The second kappa shape index (κ2) is 5.59. The molecule has 0 spiro atoms. The second-order valence-electron chi connectivity index (χ2n) is 5.19. The average Bonchev–Trinajstić information content (AvgIpc) is 2.33. The Hall–Kier alpha value is -0.930. The molecule has 0 radical (unpaired) electrons. The number of hydrogen-bond donors (Lipinski definition) is 1. The van der Waals surface area contributed by atoms with Crippen LogP contribution in [0.4, 0.5) is 5.69 Å². The number of anilines is 1. The van der Waals surface area contributed by atoms with Crippen LogP contribution >= 0.6 is 23.2 Å². The van der Waals surface area contributed by atoms with Crippen LogP contribution in [0.25, 0.3) is 0 Å². The number of halogens is 2. The first-order chi connectivity index (χ1) is 8.91. The molecule has 2 rings (SSSR count). The van der Waals surface area contributed by atoms with Gasteiger partial charge in [0.05, 0.1) is 21.3 Å². The van der Waals surface area contributed by atoms with E-state index in [2.05, 4.69) is 13.8 Å². The smallest absolute Gasteiger partial charge is 0.255 e. The van der Waals surface area contributed by atoms with Gasteiger partial charge in [0.15, 0.2) is 0 Å². The molecule has 0 aromatic heterocycles. The largest absolute Gasteiger partial charge is 0.398 e. The predicted molar refractivity (Wildman–Crippen MR) is 79.8 cm³/mol. The van der Waals surface area contributed by atoms with Gasteiger partial charge in [0.25, 0.3) is 5.91 Å². The fourth-order valence-corrected chi connectivity index (χ4v) is 3.15. The van der Waals surface area contributed by atoms with Crippen molar-refractivity contribution in [3.8, 4) is 0 Å². The van der Waals surface area contributed by atoms with Gasteiger partial charge in [0, 0.05) is 12.1 Å². The Kier molecular flexibility index (Phi) is 4.26. The summed E-state index contributed by atoms with van der Waals surface area (Å²) in [6.07, 6.45) is 3.20. The Bertz CT molecular complexity index is 494. The molecule has 5 heteroatoms. The van der Waals surface area contributed by atoms with Crippen molar-refractivity contribution in [2.45, 2.75) is 45.2 Å². The quantitative estimate of drug-likeness (QED) is 0.798. The number of likely N-dealkylation sites (tertiary alicyclic amines) is 1. The third-order valence-electron chi connectivity index (χ3n) is 3.74. The van der Waals surface area contributed by atoms with Gasteiger partial charge in [0.2, 0.25) is 0 Å². The summed E-state index contributed by atoms with van der Waals surface area (Å²) in [6.45, 7) is 4.14. The predicted octanol–water partition coefficient (Wildman–Crippen LogP) is 3.98. The van der Waals surface area contributed by atoms with Crippen molar-refractivity contribution < 1.29 is 4.79 Å². The summed E-state index contributed by atoms with van der Waals surface area (Å²) in [5, 5.41) is 0.732. The SMILES string of the molecule is C[C@@H]1CCC[C@@H](C)N1C(=O)c1cc(N)c(Cl)cc1Cl. The van der Waals surface area contributed by atoms with Gasteiger partial charge in [-0.2, -0.15) is 0 Å². The van der Waals surface area contributed by atoms with Gasteiger partial charge in [-0.25, -0.2) is 0 Å². The van der Waals surface area contributed by atoms with E-state index in [4.69, 9.17) is 28.9 Å². The summed E-state index contributed by atoms with van der Waals surface area (Å²) in [5.41, 5.74) is 6.58. The number of carbonyl (C=O) groups is 1. The molecule has 3 nitrogen and oxygen atoms in total. The Morgan fingerprint density at radius 3 is 2.37 bits per heavy atom. The van der Waals surface area contributed by atoms with Crippen LogP contribution in [-0.2, 0) is 0 Å². The van der Waals surface area contributed by atoms with Crippen molar-refractivity contribution in [2.24, 2.45) is 0 Å². The molecule has 1 aromatic rings. The average molecular weight is 301 g/mol. The van der Waals surface area contributed by atoms with Crippen LogP contribution in [0.1, 0.15) is 43.5 Å². The van der Waals surface area contributed by atoms with Crippen LogP contribution in [0.15, 0.2) is 12.1 Å². The molecule has 19 heavy (non-hydrogen) atoms. The molecule has 0 saturated carbocycles. The molecule has 104 valence electrons. The van der Waals surface area contributed by atoms with E-state index < -0.39 is 0 Å². The van der Waals surface area contributed by atoms with Crippen LogP contribution in [0.2, 0.25) is 10.0 Å². The van der Waals surface area contributed by atoms with Crippen LogP contribution < -0.4 is 5.73 Å². The molecule has 1 aliphatic heterocycles. The standard InChI is InChI=1S/C14H18Cl2N2O/c1-8-4-3-5-9(2)18(8)14(19)10-6-13(17)12(16)7-11(10)15/h6-9H,3-5,17H2,1-2H3/t8-,9-/m1/s1. The number of nitrogens with two attached hydrogens (primary N) is 1. The Morgan fingerprint density at radius 2 is 1.79 bits per heavy atom. The number of carbonyl (C=O) groups excluding carboxylic acids is 1. The molecule has 1 aromatic carbocycles. The zero-order chi connectivity index (χ0) is 14.2. The third kappa shape index (κ3) is 2.82. The third-order valence-corrected chi connectivity index (χ3v) is 4.38. The van der Waals surface area contributed by atoms with Crippen LogP contribution in [0.5, 0.6) is 0 Å². The summed E-state index contributed by atoms with van der Waals surface area (Å²) in [5.74, 6) is -0.0620. The van der Waals surface area contributed by atoms with Gasteiger partial charge in [-0.15, -0.1) is 0 Å². The summed E-state index contributed by atoms with van der Waals surface area (Å²) in [6, 6.07) is 3.56. The van der Waals surface area contributed by atoms with Crippen molar-refractivity contribution in [3.63, 3.8) is 0 Å². The maximum Gasteiger partial charge on any atom is 0.255 e. The van der Waals surface area contributed by atoms with Crippen molar-refractivity contribution in [1.82, 2.24) is 4.90 Å². The Balaban J connectivity index is 2.35. The van der Waals surface area contributed by atoms with Crippen LogP contribution in [0, 0.1) is 0 Å². The number of nitrogens with zero attached hydrogens (tertiary/aromatic N) is 1. The second-order valence-corrected chi connectivity index (χ2v) is 6.01. The summed E-state index contributed by atoms with van der Waals surface area (Å²) in [4.78, 5) is 14.5. The fourth-order valence-electron chi connectivity index (χ4n) is 2.69. The summed E-state index contributed by atoms with van der Waals surface area (Å²) < 4.78 is 0. The lowest BCUT2D eigenvalue weighted by molar-refractivity contribution is 0.0511. The molecule has 1 amide bonds. The van der Waals surface area contributed by atoms with Crippen molar-refractivity contribution in [3.05, 3.63) is 27.7 Å². The van der Waals surface area contributed by atoms with Crippen molar-refractivity contribution >= 4 is 34.8 Å². The number of benzene rings is 1. The van der Waals surface area contributed by atoms with Crippen molar-refractivity contribution in [2.75, 3.05) is 5.73 Å². The van der Waals surface area contributed by atoms with Crippen LogP contribution in [-0.4, -0.2) is 22.9 Å². The van der Waals surface area contributed by atoms with Gasteiger partial charge in [-0.05, 0) is 45.2 Å². The molecule has 0 bridgehead atoms. The lowest BCUT2D eigenvalue weighted by Gasteiger charge is -2.39. The molecule has 0 unspecified atom stereocenters. The van der Waals surface area contributed by atoms with E-state index in [0.717, 1.165) is 19.3 Å². The Morgan fingerprint density at radius 1 is 1.21 bits per heavy atom. The number of nitrogen functional groups attached to an aromatic ring is 1. The van der Waals surface area contributed by atoms with E-state index in [0.29, 0.717) is 21.3 Å². The van der Waals surface area contributed by atoms with Crippen LogP contribution in [0.3, 0.4) is 0 Å². The number of rotatable bonds is 1. The molecule has 1 saturated heterocycles. The molecule has 1 fully saturated rings. The highest BCUT2D eigenvalue weighted by Gasteiger charge is 2.30. The van der Waals surface area contributed by atoms with Gasteiger partial charge >= 0.3 is 0 Å². The number of piperidine rings is 1. The van der Waals surface area contributed by atoms with Gasteiger partial charge < -0.3 is 10.6 Å². The topological polar surface area (TPSA) is 46.3 Å². The maximum atomic E-state index is 12.6. The number of hydrogen-bond acceptors (Lipinski definition) is 2. The first kappa shape index (κ1) is 14.5. The van der Waals surface area contributed by atoms with E-state index in [-0.39, 0.29) is 18.0 Å². The van der Waals surface area contributed by atoms with E-state index in [1.165, 1.54) is 6.07 Å². The molecule has 0 aliphatic carbocycles. The van der Waals surface area contributed by atoms with Gasteiger partial charge in [-0.3, -0.25) is 4.79 Å². The van der Waals surface area contributed by atoms with E-state index >= 15 is 0 Å². The van der Waals surface area contributed by atoms with Crippen molar-refractivity contribution in [1.29, 1.82) is 0 Å². The lowest BCUT2D eigenvalue weighted by Crippen LogP contribution is -2.47. The first-order valence-corrected chi connectivity index (χ1v) is 7.24. The summed E-state index contributed by atoms with van der Waals surface area (Å²) >= 11 is 12.0. The molecule has 2 N–H and O–H groups in total. The normalized spacial score (nSPS) is 23.5. The molecular weight excluding hydrogens is 283 g/mol. The fraction of sp³-hybridized carbons (Fsp3) is 0.500. The van der Waals surface area contributed by atoms with E-state index in [1.54, 1.807) is 6.07 Å². The van der Waals surface area contributed by atoms with Gasteiger partial charge in [0.1, 0.15) is 0 Å². The molecular formula is C14H18Cl2N2O. The molecule has 1 heterocycles. The first-order valence-electron chi connectivity index (χ1n) is 6.49. The molecule has 2 atom stereocenters. The Labute approximate surface area is 123 Å². The zero-order valence-electron chi connectivity index (χ0n) is 11.1. The maximum absolute atomic E-state index is 12.6. The summed E-state index contributed by atoms with van der Waals surface area (Å²) in [7, 11) is 0. The van der Waals surface area contributed by atoms with E-state index in [1.807, 2.05) is 4.90 Å².